The molecule has 6 heteroatoms. The fraction of sp³-hybridized carbons (Fsp3) is 0.500. The van der Waals surface area contributed by atoms with Crippen LogP contribution in [-0.2, 0) is 6.61 Å². The van der Waals surface area contributed by atoms with Crippen LogP contribution in [0.15, 0.2) is 28.8 Å². The van der Waals surface area contributed by atoms with E-state index < -0.39 is 0 Å². The molecule has 1 saturated carbocycles. The molecular formula is C18H21N3O3. The molecule has 24 heavy (non-hydrogen) atoms. The van der Waals surface area contributed by atoms with Crippen molar-refractivity contribution in [2.75, 3.05) is 13.1 Å². The van der Waals surface area contributed by atoms with Crippen LogP contribution in [-0.4, -0.2) is 34.0 Å². The lowest BCUT2D eigenvalue weighted by molar-refractivity contribution is 0.0775. The minimum absolute atomic E-state index is 0.0595. The molecule has 0 N–H and O–H groups in total. The van der Waals surface area contributed by atoms with E-state index in [-0.39, 0.29) is 12.5 Å². The summed E-state index contributed by atoms with van der Waals surface area (Å²) in [5, 5.41) is 3.81. The van der Waals surface area contributed by atoms with E-state index in [0.717, 1.165) is 13.1 Å². The van der Waals surface area contributed by atoms with Gasteiger partial charge in [0.2, 0.25) is 11.7 Å². The zero-order chi connectivity index (χ0) is 16.5. The molecule has 0 bridgehead atoms. The van der Waals surface area contributed by atoms with Gasteiger partial charge in [-0.25, -0.2) is 0 Å². The average molecular weight is 327 g/mol. The van der Waals surface area contributed by atoms with Gasteiger partial charge in [0.15, 0.2) is 6.61 Å². The third kappa shape index (κ3) is 2.88. The number of ether oxygens (including phenoxy) is 1. The van der Waals surface area contributed by atoms with E-state index in [1.807, 2.05) is 29.2 Å². The number of aromatic nitrogens is 2. The van der Waals surface area contributed by atoms with Gasteiger partial charge >= 0.3 is 0 Å². The minimum atomic E-state index is 0.0595. The van der Waals surface area contributed by atoms with Gasteiger partial charge in [0.1, 0.15) is 5.75 Å². The smallest absolute Gasteiger partial charge is 0.257 e. The molecule has 126 valence electrons. The second kappa shape index (κ2) is 6.26. The second-order valence-electron chi connectivity index (χ2n) is 6.68. The number of likely N-dealkylation sites (tertiary alicyclic amines) is 1. The third-order valence-corrected chi connectivity index (χ3v) is 5.06. The van der Waals surface area contributed by atoms with Crippen LogP contribution in [0.3, 0.4) is 0 Å². The first-order chi connectivity index (χ1) is 11.7. The largest absolute Gasteiger partial charge is 0.485 e. The first-order valence-electron chi connectivity index (χ1n) is 8.51. The third-order valence-electron chi connectivity index (χ3n) is 5.06. The summed E-state index contributed by atoms with van der Waals surface area (Å²) in [4.78, 5) is 19.0. The lowest BCUT2D eigenvalue weighted by Gasteiger charge is -2.19. The van der Waals surface area contributed by atoms with E-state index in [2.05, 4.69) is 10.1 Å². The van der Waals surface area contributed by atoms with E-state index in [0.29, 0.717) is 34.9 Å². The first-order valence-corrected chi connectivity index (χ1v) is 8.51. The molecule has 2 fully saturated rings. The van der Waals surface area contributed by atoms with Crippen LogP contribution in [0.25, 0.3) is 0 Å². The monoisotopic (exact) mass is 327 g/mol. The summed E-state index contributed by atoms with van der Waals surface area (Å²) in [5.74, 6) is 2.98. The second-order valence-corrected chi connectivity index (χ2v) is 6.68. The SMILES string of the molecule is Cc1nc(COc2ccccc2C(=O)N2C[C@@H]3CCC[C@H]3C2)no1. The summed E-state index contributed by atoms with van der Waals surface area (Å²) in [6, 6.07) is 7.38. The summed E-state index contributed by atoms with van der Waals surface area (Å²) < 4.78 is 10.7. The fourth-order valence-electron chi connectivity index (χ4n) is 3.88. The number of para-hydroxylation sites is 1. The maximum absolute atomic E-state index is 12.9. The Labute approximate surface area is 140 Å². The molecule has 4 rings (SSSR count). The summed E-state index contributed by atoms with van der Waals surface area (Å²) in [7, 11) is 0. The van der Waals surface area contributed by atoms with Crippen molar-refractivity contribution in [1.82, 2.24) is 15.0 Å². The summed E-state index contributed by atoms with van der Waals surface area (Å²) in [6.07, 6.45) is 3.81. The molecule has 0 unspecified atom stereocenters. The number of carbonyl (C=O) groups is 1. The van der Waals surface area contributed by atoms with Crippen molar-refractivity contribution in [1.29, 1.82) is 0 Å². The molecule has 0 radical (unpaired) electrons. The fourth-order valence-corrected chi connectivity index (χ4v) is 3.88. The van der Waals surface area contributed by atoms with Crippen LogP contribution in [0, 0.1) is 18.8 Å². The molecule has 1 aromatic carbocycles. The van der Waals surface area contributed by atoms with Crippen molar-refractivity contribution in [3.8, 4) is 5.75 Å². The van der Waals surface area contributed by atoms with Crippen LogP contribution in [0.4, 0.5) is 0 Å². The van der Waals surface area contributed by atoms with Gasteiger partial charge in [-0.15, -0.1) is 0 Å². The highest BCUT2D eigenvalue weighted by Gasteiger charge is 2.38. The number of nitrogens with zero attached hydrogens (tertiary/aromatic N) is 3. The van der Waals surface area contributed by atoms with E-state index in [1.165, 1.54) is 19.3 Å². The Morgan fingerprint density at radius 1 is 1.29 bits per heavy atom. The lowest BCUT2D eigenvalue weighted by Crippen LogP contribution is -2.29. The van der Waals surface area contributed by atoms with Gasteiger partial charge in [0.25, 0.3) is 5.91 Å². The molecule has 1 aromatic heterocycles. The predicted molar refractivity (Wildman–Crippen MR) is 86.5 cm³/mol. The van der Waals surface area contributed by atoms with Crippen LogP contribution >= 0.6 is 0 Å². The predicted octanol–water partition coefficient (Wildman–Crippen LogP) is 2.83. The molecule has 2 heterocycles. The first kappa shape index (κ1) is 15.2. The van der Waals surface area contributed by atoms with Crippen molar-refractivity contribution >= 4 is 5.91 Å². The topological polar surface area (TPSA) is 68.5 Å². The van der Waals surface area contributed by atoms with Gasteiger partial charge in [-0.1, -0.05) is 23.7 Å². The molecule has 1 aliphatic heterocycles. The highest BCUT2D eigenvalue weighted by atomic mass is 16.5. The van der Waals surface area contributed by atoms with Gasteiger partial charge in [-0.3, -0.25) is 4.79 Å². The van der Waals surface area contributed by atoms with Crippen LogP contribution in [0.5, 0.6) is 5.75 Å². The quantitative estimate of drug-likeness (QED) is 0.864. The zero-order valence-electron chi connectivity index (χ0n) is 13.8. The normalized spacial score (nSPS) is 22.6. The minimum Gasteiger partial charge on any atom is -0.485 e. The number of hydrogen-bond donors (Lipinski definition) is 0. The number of amides is 1. The Morgan fingerprint density at radius 2 is 2.04 bits per heavy atom. The van der Waals surface area contributed by atoms with E-state index in [4.69, 9.17) is 9.26 Å². The highest BCUT2D eigenvalue weighted by Crippen LogP contribution is 2.38. The van der Waals surface area contributed by atoms with Crippen LogP contribution in [0.2, 0.25) is 0 Å². The molecule has 1 aliphatic carbocycles. The van der Waals surface area contributed by atoms with Gasteiger partial charge in [-0.05, 0) is 36.8 Å². The molecule has 2 aromatic rings. The maximum atomic E-state index is 12.9. The Hall–Kier alpha value is -2.37. The Balaban J connectivity index is 1.47. The molecule has 6 nitrogen and oxygen atoms in total. The molecule has 0 spiro atoms. The van der Waals surface area contributed by atoms with Gasteiger partial charge in [0, 0.05) is 20.0 Å². The zero-order valence-corrected chi connectivity index (χ0v) is 13.8. The Kier molecular flexibility index (Phi) is 3.96. The number of carbonyl (C=O) groups excluding carboxylic acids is 1. The van der Waals surface area contributed by atoms with E-state index in [1.54, 1.807) is 6.92 Å². The highest BCUT2D eigenvalue weighted by molar-refractivity contribution is 5.97. The average Bonchev–Trinajstić information content (AvgIpc) is 3.28. The molecule has 1 saturated heterocycles. The summed E-state index contributed by atoms with van der Waals surface area (Å²) >= 11 is 0. The Morgan fingerprint density at radius 3 is 2.75 bits per heavy atom. The maximum Gasteiger partial charge on any atom is 0.257 e. The van der Waals surface area contributed by atoms with Crippen molar-refractivity contribution in [3.05, 3.63) is 41.5 Å². The number of hydrogen-bond acceptors (Lipinski definition) is 5. The number of rotatable bonds is 4. The number of fused-ring (bicyclic) bond motifs is 1. The molecular weight excluding hydrogens is 306 g/mol. The number of benzene rings is 1. The lowest BCUT2D eigenvalue weighted by atomic mass is 10.0. The standard InChI is InChI=1S/C18H21N3O3/c1-12-19-17(20-24-12)11-23-16-8-3-2-7-15(16)18(22)21-9-13-5-4-6-14(13)10-21/h2-3,7-8,13-14H,4-6,9-11H2,1H3/t13-,14-/m0/s1. The molecule has 1 amide bonds. The Bertz CT molecular complexity index is 731. The van der Waals surface area contributed by atoms with Crippen molar-refractivity contribution in [2.45, 2.75) is 32.8 Å². The van der Waals surface area contributed by atoms with Crippen molar-refractivity contribution in [3.63, 3.8) is 0 Å². The van der Waals surface area contributed by atoms with Crippen LogP contribution < -0.4 is 4.74 Å². The van der Waals surface area contributed by atoms with Gasteiger partial charge in [-0.2, -0.15) is 4.98 Å². The van der Waals surface area contributed by atoms with Gasteiger partial charge in [0.05, 0.1) is 5.56 Å². The van der Waals surface area contributed by atoms with Crippen LogP contribution in [0.1, 0.15) is 41.3 Å². The summed E-state index contributed by atoms with van der Waals surface area (Å²) in [6.45, 7) is 3.68. The van der Waals surface area contributed by atoms with Crippen molar-refractivity contribution < 1.29 is 14.1 Å². The molecule has 2 aliphatic rings. The van der Waals surface area contributed by atoms with E-state index >= 15 is 0 Å². The van der Waals surface area contributed by atoms with E-state index in [9.17, 15) is 4.79 Å². The van der Waals surface area contributed by atoms with Crippen molar-refractivity contribution in [2.24, 2.45) is 11.8 Å². The van der Waals surface area contributed by atoms with Gasteiger partial charge < -0.3 is 14.2 Å². The summed E-state index contributed by atoms with van der Waals surface area (Å²) in [5.41, 5.74) is 0.609. The number of aryl methyl sites for hydroxylation is 1. The molecule has 2 atom stereocenters.